The molecule has 1 rings (SSSR count). The van der Waals surface area contributed by atoms with Gasteiger partial charge in [0.15, 0.2) is 0 Å². The second kappa shape index (κ2) is 6.78. The molecule has 0 bridgehead atoms. The van der Waals surface area contributed by atoms with Crippen LogP contribution in [0.15, 0.2) is 24.3 Å². The van der Waals surface area contributed by atoms with Crippen molar-refractivity contribution in [2.45, 2.75) is 20.3 Å². The predicted octanol–water partition coefficient (Wildman–Crippen LogP) is 2.78. The van der Waals surface area contributed by atoms with Gasteiger partial charge in [-0.2, -0.15) is 0 Å². The third-order valence-electron chi connectivity index (χ3n) is 2.62. The zero-order valence-electron chi connectivity index (χ0n) is 11.1. The lowest BCUT2D eigenvalue weighted by molar-refractivity contribution is -0.120. The fraction of sp³-hybridized carbons (Fsp3) is 0.500. The van der Waals surface area contributed by atoms with E-state index in [1.54, 1.807) is 7.11 Å². The molecule has 0 radical (unpaired) electrons. The van der Waals surface area contributed by atoms with Gasteiger partial charge in [-0.25, -0.2) is 0 Å². The lowest BCUT2D eigenvalue weighted by atomic mass is 9.97. The summed E-state index contributed by atoms with van der Waals surface area (Å²) in [6.07, 6.45) is 0.384. The number of benzene rings is 1. The minimum Gasteiger partial charge on any atom is -0.497 e. The Labute approximate surface area is 117 Å². The van der Waals surface area contributed by atoms with E-state index in [2.05, 4.69) is 35.1 Å². The summed E-state index contributed by atoms with van der Waals surface area (Å²) in [4.78, 5) is 11.8. The average molecular weight is 314 g/mol. The third kappa shape index (κ3) is 5.08. The van der Waals surface area contributed by atoms with Crippen molar-refractivity contribution in [3.05, 3.63) is 29.8 Å². The molecule has 0 fully saturated rings. The normalized spacial score (nSPS) is 11.1. The highest BCUT2D eigenvalue weighted by Crippen LogP contribution is 2.17. The first-order valence-corrected chi connectivity index (χ1v) is 7.04. The van der Waals surface area contributed by atoms with Crippen molar-refractivity contribution in [3.8, 4) is 5.75 Å². The van der Waals surface area contributed by atoms with E-state index in [9.17, 15) is 4.79 Å². The van der Waals surface area contributed by atoms with Gasteiger partial charge in [-0.05, 0) is 23.1 Å². The van der Waals surface area contributed by atoms with Crippen molar-refractivity contribution in [1.82, 2.24) is 5.32 Å². The van der Waals surface area contributed by atoms with Crippen LogP contribution >= 0.6 is 15.9 Å². The van der Waals surface area contributed by atoms with E-state index in [4.69, 9.17) is 4.74 Å². The molecule has 1 aromatic carbocycles. The molecular weight excluding hydrogens is 294 g/mol. The molecule has 3 nitrogen and oxygen atoms in total. The molecule has 0 aliphatic heterocycles. The Bertz CT molecular complexity index is 405. The Kier molecular flexibility index (Phi) is 5.66. The molecule has 1 amide bonds. The molecular formula is C14H20BrNO2. The van der Waals surface area contributed by atoms with Crippen molar-refractivity contribution in [2.75, 3.05) is 19.0 Å². The van der Waals surface area contributed by atoms with E-state index in [-0.39, 0.29) is 11.3 Å². The van der Waals surface area contributed by atoms with Crippen LogP contribution in [0.2, 0.25) is 0 Å². The van der Waals surface area contributed by atoms with E-state index < -0.39 is 0 Å². The highest BCUT2D eigenvalue weighted by Gasteiger charge is 2.17. The molecule has 0 aliphatic rings. The molecule has 0 heterocycles. The molecule has 0 spiro atoms. The van der Waals surface area contributed by atoms with Gasteiger partial charge in [0, 0.05) is 11.9 Å². The van der Waals surface area contributed by atoms with Gasteiger partial charge in [-0.1, -0.05) is 41.9 Å². The standard InChI is InChI=1S/C14H20BrNO2/c1-14(2,9-15)10-16-13(17)8-11-5-4-6-12(7-11)18-3/h4-7H,8-10H2,1-3H3,(H,16,17). The second-order valence-electron chi connectivity index (χ2n) is 5.10. The summed E-state index contributed by atoms with van der Waals surface area (Å²) in [6, 6.07) is 7.58. The minimum atomic E-state index is 0.0391. The molecule has 0 saturated carbocycles. The highest BCUT2D eigenvalue weighted by atomic mass is 79.9. The SMILES string of the molecule is COc1cccc(CC(=O)NCC(C)(C)CBr)c1. The minimum absolute atomic E-state index is 0.0391. The maximum atomic E-state index is 11.8. The molecule has 0 atom stereocenters. The van der Waals surface area contributed by atoms with Crippen LogP contribution < -0.4 is 10.1 Å². The molecule has 4 heteroatoms. The monoisotopic (exact) mass is 313 g/mol. The maximum Gasteiger partial charge on any atom is 0.224 e. The molecule has 0 aromatic heterocycles. The van der Waals surface area contributed by atoms with Crippen LogP contribution in [0.25, 0.3) is 0 Å². The van der Waals surface area contributed by atoms with Crippen molar-refractivity contribution in [3.63, 3.8) is 0 Å². The van der Waals surface area contributed by atoms with Gasteiger partial charge in [0.25, 0.3) is 0 Å². The summed E-state index contributed by atoms with van der Waals surface area (Å²) in [7, 11) is 1.62. The van der Waals surface area contributed by atoms with Crippen LogP contribution in [0.1, 0.15) is 19.4 Å². The number of carbonyl (C=O) groups is 1. The van der Waals surface area contributed by atoms with Gasteiger partial charge in [-0.15, -0.1) is 0 Å². The van der Waals surface area contributed by atoms with Gasteiger partial charge in [-0.3, -0.25) is 4.79 Å². The number of methoxy groups -OCH3 is 1. The van der Waals surface area contributed by atoms with Crippen molar-refractivity contribution in [1.29, 1.82) is 0 Å². The van der Waals surface area contributed by atoms with E-state index in [0.717, 1.165) is 16.6 Å². The largest absolute Gasteiger partial charge is 0.497 e. The molecule has 1 aromatic rings. The summed E-state index contributed by atoms with van der Waals surface area (Å²) in [6.45, 7) is 4.88. The number of rotatable bonds is 6. The number of hydrogen-bond acceptors (Lipinski definition) is 2. The van der Waals surface area contributed by atoms with Crippen molar-refractivity contribution in [2.24, 2.45) is 5.41 Å². The van der Waals surface area contributed by atoms with Gasteiger partial charge < -0.3 is 10.1 Å². The Morgan fingerprint density at radius 2 is 2.17 bits per heavy atom. The number of carbonyl (C=O) groups excluding carboxylic acids is 1. The number of amides is 1. The van der Waals surface area contributed by atoms with Gasteiger partial charge in [0.1, 0.15) is 5.75 Å². The summed E-state index contributed by atoms with van der Waals surface area (Å²) in [5, 5.41) is 3.81. The van der Waals surface area contributed by atoms with Gasteiger partial charge in [0.05, 0.1) is 13.5 Å². The Hall–Kier alpha value is -1.03. The molecule has 0 aliphatic carbocycles. The van der Waals surface area contributed by atoms with E-state index in [1.807, 2.05) is 24.3 Å². The number of alkyl halides is 1. The molecule has 100 valence electrons. The first-order chi connectivity index (χ1) is 8.46. The van der Waals surface area contributed by atoms with Crippen LogP contribution in [-0.2, 0) is 11.2 Å². The van der Waals surface area contributed by atoms with Crippen molar-refractivity contribution < 1.29 is 9.53 Å². The molecule has 0 unspecified atom stereocenters. The lowest BCUT2D eigenvalue weighted by Crippen LogP contribution is -2.35. The summed E-state index contributed by atoms with van der Waals surface area (Å²) >= 11 is 3.44. The Morgan fingerprint density at radius 1 is 1.44 bits per heavy atom. The Morgan fingerprint density at radius 3 is 2.78 bits per heavy atom. The quantitative estimate of drug-likeness (QED) is 0.820. The predicted molar refractivity (Wildman–Crippen MR) is 77.3 cm³/mol. The van der Waals surface area contributed by atoms with E-state index >= 15 is 0 Å². The number of ether oxygens (including phenoxy) is 1. The zero-order chi connectivity index (χ0) is 13.6. The summed E-state index contributed by atoms with van der Waals surface area (Å²) in [5.41, 5.74) is 1.04. The van der Waals surface area contributed by atoms with Gasteiger partial charge in [0.2, 0.25) is 5.91 Å². The van der Waals surface area contributed by atoms with Crippen LogP contribution in [0.3, 0.4) is 0 Å². The summed E-state index contributed by atoms with van der Waals surface area (Å²) < 4.78 is 5.13. The highest BCUT2D eigenvalue weighted by molar-refractivity contribution is 9.09. The van der Waals surface area contributed by atoms with Crippen molar-refractivity contribution >= 4 is 21.8 Å². The second-order valence-corrected chi connectivity index (χ2v) is 5.66. The fourth-order valence-corrected chi connectivity index (χ4v) is 1.61. The first kappa shape index (κ1) is 15.0. The average Bonchev–Trinajstić information content (AvgIpc) is 2.37. The third-order valence-corrected chi connectivity index (χ3v) is 4.14. The number of hydrogen-bond donors (Lipinski definition) is 1. The van der Waals surface area contributed by atoms with E-state index in [1.165, 1.54) is 0 Å². The van der Waals surface area contributed by atoms with Crippen LogP contribution in [-0.4, -0.2) is 24.9 Å². The first-order valence-electron chi connectivity index (χ1n) is 5.92. The molecule has 0 saturated heterocycles. The zero-order valence-corrected chi connectivity index (χ0v) is 12.7. The van der Waals surface area contributed by atoms with E-state index in [0.29, 0.717) is 13.0 Å². The van der Waals surface area contributed by atoms with Crippen LogP contribution in [0, 0.1) is 5.41 Å². The molecule has 1 N–H and O–H groups in total. The van der Waals surface area contributed by atoms with Gasteiger partial charge >= 0.3 is 0 Å². The number of nitrogens with one attached hydrogen (secondary N) is 1. The maximum absolute atomic E-state index is 11.8. The fourth-order valence-electron chi connectivity index (χ4n) is 1.42. The topological polar surface area (TPSA) is 38.3 Å². The van der Waals surface area contributed by atoms with Crippen LogP contribution in [0.4, 0.5) is 0 Å². The smallest absolute Gasteiger partial charge is 0.224 e. The Balaban J connectivity index is 2.49. The lowest BCUT2D eigenvalue weighted by Gasteiger charge is -2.21. The molecule has 18 heavy (non-hydrogen) atoms. The van der Waals surface area contributed by atoms with Crippen LogP contribution in [0.5, 0.6) is 5.75 Å². The summed E-state index contributed by atoms with van der Waals surface area (Å²) in [5.74, 6) is 0.818. The number of halogens is 1.